The summed E-state index contributed by atoms with van der Waals surface area (Å²) in [6.45, 7) is 3.97. The van der Waals surface area contributed by atoms with Crippen molar-refractivity contribution in [1.82, 2.24) is 0 Å². The minimum atomic E-state index is 0.394. The van der Waals surface area contributed by atoms with E-state index in [9.17, 15) is 0 Å². The number of nitrogens with zero attached hydrogens (tertiary/aromatic N) is 1. The van der Waals surface area contributed by atoms with Crippen LogP contribution in [0.1, 0.15) is 16.7 Å². The molecule has 2 heteroatoms. The van der Waals surface area contributed by atoms with Gasteiger partial charge in [0.05, 0.1) is 12.5 Å². The lowest BCUT2D eigenvalue weighted by Gasteiger charge is -2.05. The van der Waals surface area contributed by atoms with Gasteiger partial charge < -0.3 is 0 Å². The van der Waals surface area contributed by atoms with Gasteiger partial charge in [-0.3, -0.25) is 0 Å². The molecule has 0 fully saturated rings. The Hall–Kier alpha value is -1.00. The Morgan fingerprint density at radius 1 is 1.42 bits per heavy atom. The number of rotatable bonds is 1. The average Bonchev–Trinajstić information content (AvgIpc) is 1.96. The van der Waals surface area contributed by atoms with E-state index in [1.165, 1.54) is 0 Å². The highest BCUT2D eigenvalue weighted by atomic mass is 35.5. The maximum absolute atomic E-state index is 8.53. The van der Waals surface area contributed by atoms with E-state index >= 15 is 0 Å². The molecule has 0 atom stereocenters. The number of halogens is 1. The molecule has 0 amide bonds. The van der Waals surface area contributed by atoms with Crippen LogP contribution in [-0.4, -0.2) is 0 Å². The van der Waals surface area contributed by atoms with E-state index in [4.69, 9.17) is 16.9 Å². The van der Waals surface area contributed by atoms with Gasteiger partial charge in [0.15, 0.2) is 0 Å². The zero-order valence-corrected chi connectivity index (χ0v) is 7.94. The van der Waals surface area contributed by atoms with Gasteiger partial charge in [-0.25, -0.2) is 0 Å². The van der Waals surface area contributed by atoms with Crippen LogP contribution >= 0.6 is 11.6 Å². The molecule has 0 aliphatic carbocycles. The summed E-state index contributed by atoms with van der Waals surface area (Å²) in [5.74, 6) is 0. The second kappa shape index (κ2) is 3.60. The van der Waals surface area contributed by atoms with E-state index in [0.717, 1.165) is 16.7 Å². The third-order valence-electron chi connectivity index (χ3n) is 1.82. The molecule has 0 unspecified atom stereocenters. The fourth-order valence-electron chi connectivity index (χ4n) is 1.25. The highest BCUT2D eigenvalue weighted by Gasteiger charge is 2.03. The Kier molecular flexibility index (Phi) is 2.73. The maximum atomic E-state index is 8.53. The van der Waals surface area contributed by atoms with Crippen LogP contribution in [0.5, 0.6) is 0 Å². The van der Waals surface area contributed by atoms with E-state index in [1.54, 1.807) is 0 Å². The predicted molar refractivity (Wildman–Crippen MR) is 50.2 cm³/mol. The van der Waals surface area contributed by atoms with Crippen molar-refractivity contribution in [3.63, 3.8) is 0 Å². The Morgan fingerprint density at radius 2 is 2.08 bits per heavy atom. The molecule has 0 heterocycles. The molecule has 0 radical (unpaired) electrons. The average molecular weight is 180 g/mol. The fraction of sp³-hybridized carbons (Fsp3) is 0.300. The van der Waals surface area contributed by atoms with Gasteiger partial charge in [0.2, 0.25) is 0 Å². The molecule has 1 rings (SSSR count). The molecule has 1 aromatic carbocycles. The minimum Gasteiger partial charge on any atom is -0.198 e. The smallest absolute Gasteiger partial charge is 0.0670 e. The molecule has 12 heavy (non-hydrogen) atoms. The van der Waals surface area contributed by atoms with Crippen LogP contribution in [0.2, 0.25) is 5.02 Å². The SMILES string of the molecule is Cc1cc(C)c(CC#N)c(Cl)c1. The first-order valence-corrected chi connectivity index (χ1v) is 4.15. The summed E-state index contributed by atoms with van der Waals surface area (Å²) in [6.07, 6.45) is 0.394. The quantitative estimate of drug-likeness (QED) is 0.650. The normalized spacial score (nSPS) is 9.50. The monoisotopic (exact) mass is 179 g/mol. The number of aryl methyl sites for hydroxylation is 2. The van der Waals surface area contributed by atoms with Crippen LogP contribution in [0, 0.1) is 25.2 Å². The molecule has 1 aromatic rings. The highest BCUT2D eigenvalue weighted by molar-refractivity contribution is 6.31. The Balaban J connectivity index is 3.21. The summed E-state index contributed by atoms with van der Waals surface area (Å²) in [6, 6.07) is 6.03. The van der Waals surface area contributed by atoms with Crippen LogP contribution in [0.4, 0.5) is 0 Å². The standard InChI is InChI=1S/C10H10ClN/c1-7-5-8(2)9(3-4-12)10(11)6-7/h5-6H,3H2,1-2H3. The van der Waals surface area contributed by atoms with Crippen LogP contribution in [0.15, 0.2) is 12.1 Å². The van der Waals surface area contributed by atoms with Crippen molar-refractivity contribution in [3.8, 4) is 6.07 Å². The minimum absolute atomic E-state index is 0.394. The molecule has 0 N–H and O–H groups in total. The van der Waals surface area contributed by atoms with Crippen molar-refractivity contribution in [2.24, 2.45) is 0 Å². The number of benzene rings is 1. The highest BCUT2D eigenvalue weighted by Crippen LogP contribution is 2.21. The molecule has 0 aromatic heterocycles. The lowest BCUT2D eigenvalue weighted by atomic mass is 10.0. The summed E-state index contributed by atoms with van der Waals surface area (Å²) < 4.78 is 0. The zero-order valence-electron chi connectivity index (χ0n) is 7.19. The second-order valence-corrected chi connectivity index (χ2v) is 3.28. The van der Waals surface area contributed by atoms with Gasteiger partial charge in [-0.2, -0.15) is 5.26 Å². The molecule has 62 valence electrons. The predicted octanol–water partition coefficient (Wildman–Crippen LogP) is 3.02. The molecule has 0 aliphatic rings. The van der Waals surface area contributed by atoms with E-state index in [1.807, 2.05) is 26.0 Å². The summed E-state index contributed by atoms with van der Waals surface area (Å²) in [7, 11) is 0. The Bertz CT molecular complexity index is 313. The van der Waals surface area contributed by atoms with Crippen LogP contribution in [-0.2, 0) is 6.42 Å². The van der Waals surface area contributed by atoms with Crippen molar-refractivity contribution < 1.29 is 0 Å². The van der Waals surface area contributed by atoms with E-state index < -0.39 is 0 Å². The van der Waals surface area contributed by atoms with Gasteiger partial charge in [0.25, 0.3) is 0 Å². The van der Waals surface area contributed by atoms with Crippen molar-refractivity contribution in [2.45, 2.75) is 20.3 Å². The van der Waals surface area contributed by atoms with Gasteiger partial charge in [-0.15, -0.1) is 0 Å². The molecule has 0 spiro atoms. The van der Waals surface area contributed by atoms with Crippen LogP contribution in [0.25, 0.3) is 0 Å². The van der Waals surface area contributed by atoms with E-state index in [-0.39, 0.29) is 0 Å². The Morgan fingerprint density at radius 3 is 2.58 bits per heavy atom. The summed E-state index contributed by atoms with van der Waals surface area (Å²) in [5, 5.41) is 9.23. The van der Waals surface area contributed by atoms with Crippen molar-refractivity contribution in [2.75, 3.05) is 0 Å². The number of hydrogen-bond acceptors (Lipinski definition) is 1. The second-order valence-electron chi connectivity index (χ2n) is 2.88. The van der Waals surface area contributed by atoms with Gasteiger partial charge in [-0.1, -0.05) is 17.7 Å². The summed E-state index contributed by atoms with van der Waals surface area (Å²) >= 11 is 5.96. The van der Waals surface area contributed by atoms with Gasteiger partial charge in [-0.05, 0) is 36.6 Å². The first kappa shape index (κ1) is 9.09. The fourth-order valence-corrected chi connectivity index (χ4v) is 1.64. The molecule has 1 nitrogen and oxygen atoms in total. The first-order chi connectivity index (χ1) is 5.65. The zero-order chi connectivity index (χ0) is 9.14. The summed E-state index contributed by atoms with van der Waals surface area (Å²) in [5.41, 5.74) is 3.19. The van der Waals surface area contributed by atoms with Gasteiger partial charge >= 0.3 is 0 Å². The molecular formula is C10H10ClN. The third kappa shape index (κ3) is 1.78. The topological polar surface area (TPSA) is 23.8 Å². The van der Waals surface area contributed by atoms with Gasteiger partial charge in [0.1, 0.15) is 0 Å². The van der Waals surface area contributed by atoms with Crippen LogP contribution in [0.3, 0.4) is 0 Å². The lowest BCUT2D eigenvalue weighted by Crippen LogP contribution is -1.90. The van der Waals surface area contributed by atoms with Gasteiger partial charge in [0, 0.05) is 5.02 Å². The maximum Gasteiger partial charge on any atom is 0.0670 e. The number of nitriles is 1. The molecule has 0 aliphatic heterocycles. The van der Waals surface area contributed by atoms with E-state index in [2.05, 4.69) is 6.07 Å². The van der Waals surface area contributed by atoms with Crippen LogP contribution < -0.4 is 0 Å². The van der Waals surface area contributed by atoms with E-state index in [0.29, 0.717) is 11.4 Å². The molecular weight excluding hydrogens is 170 g/mol. The molecule has 0 bridgehead atoms. The van der Waals surface area contributed by atoms with Crippen molar-refractivity contribution >= 4 is 11.6 Å². The largest absolute Gasteiger partial charge is 0.198 e. The Labute approximate surface area is 77.6 Å². The first-order valence-electron chi connectivity index (χ1n) is 3.77. The lowest BCUT2D eigenvalue weighted by molar-refractivity contribution is 1.20. The summed E-state index contributed by atoms with van der Waals surface area (Å²) in [4.78, 5) is 0. The molecule has 0 saturated heterocycles. The van der Waals surface area contributed by atoms with Crippen molar-refractivity contribution in [1.29, 1.82) is 5.26 Å². The third-order valence-corrected chi connectivity index (χ3v) is 2.16. The molecule has 0 saturated carbocycles. The van der Waals surface area contributed by atoms with Crippen molar-refractivity contribution in [3.05, 3.63) is 33.8 Å². The number of hydrogen-bond donors (Lipinski definition) is 0.